The second-order valence-electron chi connectivity index (χ2n) is 6.22. The minimum Gasteiger partial charge on any atom is -0.493 e. The molecule has 3 rings (SSSR count). The summed E-state index contributed by atoms with van der Waals surface area (Å²) < 4.78 is 1.72. The van der Waals surface area contributed by atoms with E-state index in [1.807, 2.05) is 12.3 Å². The van der Waals surface area contributed by atoms with Gasteiger partial charge in [-0.05, 0) is 18.2 Å². The van der Waals surface area contributed by atoms with E-state index in [1.54, 1.807) is 16.8 Å². The van der Waals surface area contributed by atoms with Gasteiger partial charge in [0.25, 0.3) is 0 Å². The van der Waals surface area contributed by atoms with Crippen LogP contribution >= 0.6 is 11.6 Å². The molecule has 0 bridgehead atoms. The average molecular weight is 346 g/mol. The van der Waals surface area contributed by atoms with E-state index in [2.05, 4.69) is 39.9 Å². The standard InChI is InChI=1S/C15H16ClN5OSi/c1-23(2,3)15-8-21(20-19-15)13-5-4-10(16)6-11(13)12-7-14(22)18-9-17-12/h4-9H,1-3H3,(H,17,18,22). The van der Waals surface area contributed by atoms with E-state index >= 15 is 0 Å². The summed E-state index contributed by atoms with van der Waals surface area (Å²) in [5, 5.41) is 19.7. The van der Waals surface area contributed by atoms with Gasteiger partial charge in [-0.1, -0.05) is 36.5 Å². The van der Waals surface area contributed by atoms with Crippen LogP contribution in [-0.4, -0.2) is 38.1 Å². The van der Waals surface area contributed by atoms with Gasteiger partial charge in [-0.15, -0.1) is 5.10 Å². The average Bonchev–Trinajstić information content (AvgIpc) is 2.97. The van der Waals surface area contributed by atoms with Crippen molar-refractivity contribution >= 4 is 25.0 Å². The zero-order chi connectivity index (χ0) is 16.6. The molecule has 0 fully saturated rings. The molecule has 118 valence electrons. The van der Waals surface area contributed by atoms with Gasteiger partial charge < -0.3 is 5.11 Å². The lowest BCUT2D eigenvalue weighted by atomic mass is 10.1. The Kier molecular flexibility index (Phi) is 3.91. The number of hydrogen-bond donors (Lipinski definition) is 1. The number of hydrogen-bond acceptors (Lipinski definition) is 5. The Morgan fingerprint density at radius 2 is 1.91 bits per heavy atom. The fourth-order valence-electron chi connectivity index (χ4n) is 2.13. The lowest BCUT2D eigenvalue weighted by molar-refractivity contribution is 0.452. The quantitative estimate of drug-likeness (QED) is 0.738. The van der Waals surface area contributed by atoms with Crippen LogP contribution in [0.2, 0.25) is 24.7 Å². The van der Waals surface area contributed by atoms with Crippen LogP contribution in [0.1, 0.15) is 0 Å². The van der Waals surface area contributed by atoms with Crippen molar-refractivity contribution in [2.75, 3.05) is 0 Å². The fraction of sp³-hybridized carbons (Fsp3) is 0.200. The van der Waals surface area contributed by atoms with Gasteiger partial charge in [0.05, 0.1) is 16.7 Å². The largest absolute Gasteiger partial charge is 0.493 e. The molecule has 0 aliphatic rings. The molecule has 0 unspecified atom stereocenters. The van der Waals surface area contributed by atoms with Crippen LogP contribution in [0.3, 0.4) is 0 Å². The molecule has 1 aromatic carbocycles. The van der Waals surface area contributed by atoms with Gasteiger partial charge in [0.15, 0.2) is 0 Å². The fourth-order valence-corrected chi connectivity index (χ4v) is 3.16. The molecular weight excluding hydrogens is 330 g/mol. The van der Waals surface area contributed by atoms with Crippen LogP contribution in [0.15, 0.2) is 36.8 Å². The van der Waals surface area contributed by atoms with Crippen molar-refractivity contribution in [3.63, 3.8) is 0 Å². The first-order valence-electron chi connectivity index (χ1n) is 7.09. The number of rotatable bonds is 3. The van der Waals surface area contributed by atoms with Crippen molar-refractivity contribution in [3.8, 4) is 22.8 Å². The minimum atomic E-state index is -1.55. The maximum atomic E-state index is 9.60. The van der Waals surface area contributed by atoms with Crippen molar-refractivity contribution < 1.29 is 5.11 Å². The molecule has 1 N–H and O–H groups in total. The third-order valence-corrected chi connectivity index (χ3v) is 5.40. The van der Waals surface area contributed by atoms with Crippen LogP contribution in [0.25, 0.3) is 16.9 Å². The summed E-state index contributed by atoms with van der Waals surface area (Å²) in [4.78, 5) is 7.92. The lowest BCUT2D eigenvalue weighted by Gasteiger charge is -2.11. The maximum Gasteiger partial charge on any atom is 0.214 e. The molecule has 0 saturated carbocycles. The van der Waals surface area contributed by atoms with Crippen LogP contribution < -0.4 is 5.32 Å². The molecule has 0 aliphatic heterocycles. The Morgan fingerprint density at radius 1 is 1.13 bits per heavy atom. The number of halogens is 1. The maximum absolute atomic E-state index is 9.60. The van der Waals surface area contributed by atoms with E-state index in [9.17, 15) is 5.11 Å². The summed E-state index contributed by atoms with van der Waals surface area (Å²) in [6.07, 6.45) is 3.25. The van der Waals surface area contributed by atoms with Crippen LogP contribution in [0.4, 0.5) is 0 Å². The first-order valence-corrected chi connectivity index (χ1v) is 11.0. The van der Waals surface area contributed by atoms with Gasteiger partial charge >= 0.3 is 0 Å². The topological polar surface area (TPSA) is 76.7 Å². The first-order chi connectivity index (χ1) is 10.8. The van der Waals surface area contributed by atoms with E-state index in [1.165, 1.54) is 12.4 Å². The normalized spacial score (nSPS) is 11.7. The lowest BCUT2D eigenvalue weighted by Crippen LogP contribution is -2.38. The molecule has 0 atom stereocenters. The number of nitrogens with zero attached hydrogens (tertiary/aromatic N) is 5. The summed E-state index contributed by atoms with van der Waals surface area (Å²) in [7, 11) is -1.55. The Balaban J connectivity index is 2.15. The monoisotopic (exact) mass is 345 g/mol. The van der Waals surface area contributed by atoms with Crippen LogP contribution in [-0.2, 0) is 0 Å². The van der Waals surface area contributed by atoms with E-state index < -0.39 is 8.07 Å². The predicted molar refractivity (Wildman–Crippen MR) is 92.0 cm³/mol. The van der Waals surface area contributed by atoms with E-state index in [4.69, 9.17) is 11.6 Å². The van der Waals surface area contributed by atoms with Crippen LogP contribution in [0, 0.1) is 0 Å². The Morgan fingerprint density at radius 3 is 2.57 bits per heavy atom. The SMILES string of the molecule is C[Si](C)(C)c1cn(-c2ccc(Cl)cc2-c2cc(O)ncn2)nn1. The Bertz CT molecular complexity index is 859. The minimum absolute atomic E-state index is 0.0951. The second kappa shape index (κ2) is 5.75. The highest BCUT2D eigenvalue weighted by atomic mass is 35.5. The summed E-state index contributed by atoms with van der Waals surface area (Å²) in [6, 6.07) is 6.93. The highest BCUT2D eigenvalue weighted by Gasteiger charge is 2.21. The van der Waals surface area contributed by atoms with Gasteiger partial charge in [0.1, 0.15) is 14.4 Å². The number of aromatic hydroxyl groups is 1. The van der Waals surface area contributed by atoms with Crippen LogP contribution in [0.5, 0.6) is 5.88 Å². The molecular formula is C15H16ClN5OSi. The molecule has 0 radical (unpaired) electrons. The highest BCUT2D eigenvalue weighted by molar-refractivity contribution is 6.88. The third kappa shape index (κ3) is 3.25. The van der Waals surface area contributed by atoms with Crippen molar-refractivity contribution in [1.82, 2.24) is 25.0 Å². The molecule has 0 saturated heterocycles. The Hall–Kier alpha value is -2.25. The predicted octanol–water partition coefficient (Wildman–Crippen LogP) is 2.63. The smallest absolute Gasteiger partial charge is 0.214 e. The van der Waals surface area contributed by atoms with Gasteiger partial charge in [-0.2, -0.15) is 0 Å². The summed E-state index contributed by atoms with van der Waals surface area (Å²) in [5.74, 6) is -0.0951. The van der Waals surface area contributed by atoms with Crippen molar-refractivity contribution in [2.24, 2.45) is 0 Å². The van der Waals surface area contributed by atoms with E-state index in [-0.39, 0.29) is 5.88 Å². The Labute approximate surface area is 139 Å². The molecule has 0 aliphatic carbocycles. The van der Waals surface area contributed by atoms with Gasteiger partial charge in [-0.25, -0.2) is 14.6 Å². The molecule has 2 heterocycles. The molecule has 0 spiro atoms. The zero-order valence-electron chi connectivity index (χ0n) is 13.0. The van der Waals surface area contributed by atoms with E-state index in [0.29, 0.717) is 10.7 Å². The van der Waals surface area contributed by atoms with Gasteiger partial charge in [-0.3, -0.25) is 0 Å². The second-order valence-corrected chi connectivity index (χ2v) is 11.7. The van der Waals surface area contributed by atoms with E-state index in [0.717, 1.165) is 16.6 Å². The van der Waals surface area contributed by atoms with Gasteiger partial charge in [0, 0.05) is 22.8 Å². The molecule has 0 amide bonds. The molecule has 3 aromatic rings. The van der Waals surface area contributed by atoms with Crippen molar-refractivity contribution in [2.45, 2.75) is 19.6 Å². The summed E-state index contributed by atoms with van der Waals surface area (Å²) in [5.41, 5.74) is 2.12. The number of benzene rings is 1. The molecule has 23 heavy (non-hydrogen) atoms. The van der Waals surface area contributed by atoms with Crippen molar-refractivity contribution in [3.05, 3.63) is 41.8 Å². The van der Waals surface area contributed by atoms with Gasteiger partial charge in [0.2, 0.25) is 5.88 Å². The van der Waals surface area contributed by atoms with Crippen molar-refractivity contribution in [1.29, 1.82) is 0 Å². The molecule has 2 aromatic heterocycles. The first kappa shape index (κ1) is 15.6. The molecule has 8 heteroatoms. The number of aromatic nitrogens is 5. The highest BCUT2D eigenvalue weighted by Crippen LogP contribution is 2.28. The molecule has 6 nitrogen and oxygen atoms in total. The summed E-state index contributed by atoms with van der Waals surface area (Å²) in [6.45, 7) is 6.64. The summed E-state index contributed by atoms with van der Waals surface area (Å²) >= 11 is 6.13. The third-order valence-electron chi connectivity index (χ3n) is 3.40. The zero-order valence-corrected chi connectivity index (χ0v) is 14.8.